The highest BCUT2D eigenvalue weighted by Crippen LogP contribution is 2.43. The van der Waals surface area contributed by atoms with Gasteiger partial charge in [0.05, 0.1) is 0 Å². The fourth-order valence-corrected chi connectivity index (χ4v) is 7.81. The van der Waals surface area contributed by atoms with Gasteiger partial charge in [0, 0.05) is 32.4 Å². The van der Waals surface area contributed by atoms with Crippen molar-refractivity contribution in [3.63, 3.8) is 0 Å². The highest BCUT2D eigenvalue weighted by molar-refractivity contribution is 6.62. The molecule has 0 fully saturated rings. The van der Waals surface area contributed by atoms with Crippen molar-refractivity contribution in [2.24, 2.45) is 11.7 Å². The van der Waals surface area contributed by atoms with E-state index in [1.165, 1.54) is 70.6 Å². The molecule has 2 N–H and O–H groups in total. The van der Waals surface area contributed by atoms with Crippen molar-refractivity contribution in [2.45, 2.75) is 129 Å². The van der Waals surface area contributed by atoms with Crippen LogP contribution in [0.25, 0.3) is 0 Å². The van der Waals surface area contributed by atoms with Crippen molar-refractivity contribution in [3.05, 3.63) is 0 Å². The van der Waals surface area contributed by atoms with Gasteiger partial charge in [0.2, 0.25) is 0 Å². The van der Waals surface area contributed by atoms with Gasteiger partial charge in [-0.2, -0.15) is 0 Å². The van der Waals surface area contributed by atoms with Gasteiger partial charge in [0.25, 0.3) is 0 Å². The molecule has 0 bridgehead atoms. The van der Waals surface area contributed by atoms with Gasteiger partial charge in [0.15, 0.2) is 0 Å². The number of hydrogen-bond acceptors (Lipinski definition) is 4. The summed E-state index contributed by atoms with van der Waals surface area (Å²) < 4.78 is 17.7. The Morgan fingerprint density at radius 1 is 0.667 bits per heavy atom. The maximum absolute atomic E-state index is 6.61. The van der Waals surface area contributed by atoms with Crippen molar-refractivity contribution >= 4 is 8.80 Å². The first-order valence-electron chi connectivity index (χ1n) is 12.3. The minimum Gasteiger partial charge on any atom is -1.00 e. The first-order valence-corrected chi connectivity index (χ1v) is 14.1. The van der Waals surface area contributed by atoms with Gasteiger partial charge < -0.3 is 31.4 Å². The molecular weight excluding hydrogens is 414 g/mol. The highest BCUT2D eigenvalue weighted by atomic mass is 35.5. The monoisotopic (exact) mass is 466 g/mol. The molecule has 0 heterocycles. The van der Waals surface area contributed by atoms with Crippen LogP contribution in [0.2, 0.25) is 5.54 Å². The molecule has 2 unspecified atom stereocenters. The molecule has 4 nitrogen and oxygen atoms in total. The van der Waals surface area contributed by atoms with E-state index < -0.39 is 8.80 Å². The molecular formula is C24H53ClNO3Si-. The molecule has 0 aliphatic carbocycles. The molecule has 0 saturated carbocycles. The third kappa shape index (κ3) is 12.4. The molecule has 0 spiro atoms. The molecule has 0 aromatic carbocycles. The Bertz CT molecular complexity index is 368. The molecule has 0 aromatic rings. The predicted molar refractivity (Wildman–Crippen MR) is 128 cm³/mol. The average molecular weight is 467 g/mol. The van der Waals surface area contributed by atoms with E-state index in [2.05, 4.69) is 27.7 Å². The maximum atomic E-state index is 6.61. The summed E-state index contributed by atoms with van der Waals surface area (Å²) >= 11 is 0. The molecule has 0 radical (unpaired) electrons. The van der Waals surface area contributed by atoms with Crippen LogP contribution in [-0.2, 0) is 13.3 Å². The van der Waals surface area contributed by atoms with E-state index in [4.69, 9.17) is 19.0 Å². The minimum atomic E-state index is -2.73. The Kier molecular flexibility index (Phi) is 20.5. The van der Waals surface area contributed by atoms with Crippen molar-refractivity contribution in [1.82, 2.24) is 0 Å². The standard InChI is InChI=1S/C24H53NO3Si.ClH/c1-8-10-11-12-13-14-15-16-17-18-19-21-23(29(26-5,27-6)28-7)22(20-9-2)24(3,4)25;/h22-23H,8-21,25H2,1-7H3;1H/p-1. The predicted octanol–water partition coefficient (Wildman–Crippen LogP) is 4.09. The fraction of sp³-hybridized carbons (Fsp3) is 1.00. The van der Waals surface area contributed by atoms with Crippen LogP contribution in [0.15, 0.2) is 0 Å². The molecule has 0 aliphatic rings. The summed E-state index contributed by atoms with van der Waals surface area (Å²) in [6.45, 7) is 8.79. The molecule has 30 heavy (non-hydrogen) atoms. The van der Waals surface area contributed by atoms with Gasteiger partial charge in [-0.1, -0.05) is 90.9 Å². The van der Waals surface area contributed by atoms with Gasteiger partial charge in [0.1, 0.15) is 0 Å². The van der Waals surface area contributed by atoms with Crippen LogP contribution in [0.5, 0.6) is 0 Å². The summed E-state index contributed by atoms with van der Waals surface area (Å²) in [7, 11) is 2.47. The number of halogens is 1. The van der Waals surface area contributed by atoms with E-state index in [0.29, 0.717) is 5.92 Å². The summed E-state index contributed by atoms with van der Waals surface area (Å²) in [5.74, 6) is 0.335. The lowest BCUT2D eigenvalue weighted by Gasteiger charge is -2.43. The van der Waals surface area contributed by atoms with E-state index in [1.807, 2.05) is 0 Å². The Labute approximate surface area is 196 Å². The highest BCUT2D eigenvalue weighted by Gasteiger charge is 2.52. The summed E-state index contributed by atoms with van der Waals surface area (Å²) in [6, 6.07) is 0. The summed E-state index contributed by atoms with van der Waals surface area (Å²) in [5, 5.41) is 0. The first-order chi connectivity index (χ1) is 13.8. The number of unbranched alkanes of at least 4 members (excludes halogenated alkanes) is 10. The van der Waals surface area contributed by atoms with Gasteiger partial charge in [-0.05, 0) is 32.6 Å². The van der Waals surface area contributed by atoms with Gasteiger partial charge >= 0.3 is 8.80 Å². The smallest absolute Gasteiger partial charge is 0.503 e. The average Bonchev–Trinajstić information content (AvgIpc) is 2.69. The van der Waals surface area contributed by atoms with E-state index in [-0.39, 0.29) is 23.5 Å². The van der Waals surface area contributed by atoms with E-state index >= 15 is 0 Å². The van der Waals surface area contributed by atoms with Crippen LogP contribution in [0.1, 0.15) is 118 Å². The topological polar surface area (TPSA) is 53.7 Å². The van der Waals surface area contributed by atoms with Crippen LogP contribution < -0.4 is 18.1 Å². The Balaban J connectivity index is 0. The lowest BCUT2D eigenvalue weighted by atomic mass is 9.80. The zero-order valence-electron chi connectivity index (χ0n) is 21.2. The van der Waals surface area contributed by atoms with Crippen molar-refractivity contribution < 1.29 is 25.7 Å². The lowest BCUT2D eigenvalue weighted by Crippen LogP contribution is -3.00. The van der Waals surface area contributed by atoms with Gasteiger partial charge in [-0.3, -0.25) is 0 Å². The molecule has 6 heteroatoms. The van der Waals surface area contributed by atoms with Crippen molar-refractivity contribution in [3.8, 4) is 0 Å². The van der Waals surface area contributed by atoms with Gasteiger partial charge in [-0.25, -0.2) is 0 Å². The molecule has 0 amide bonds. The van der Waals surface area contributed by atoms with E-state index in [1.54, 1.807) is 21.3 Å². The van der Waals surface area contributed by atoms with Gasteiger partial charge in [-0.15, -0.1) is 0 Å². The normalized spacial score (nSPS) is 14.4. The summed E-state index contributed by atoms with van der Waals surface area (Å²) in [6.07, 6.45) is 18.2. The van der Waals surface area contributed by atoms with Crippen molar-refractivity contribution in [2.75, 3.05) is 21.3 Å². The number of rotatable bonds is 20. The second-order valence-corrected chi connectivity index (χ2v) is 12.5. The third-order valence-corrected chi connectivity index (χ3v) is 9.77. The van der Waals surface area contributed by atoms with Crippen LogP contribution in [-0.4, -0.2) is 35.7 Å². The summed E-state index contributed by atoms with van der Waals surface area (Å²) in [4.78, 5) is 0. The number of nitrogens with two attached hydrogens (primary N) is 1. The molecule has 184 valence electrons. The molecule has 0 aromatic heterocycles. The van der Waals surface area contributed by atoms with Crippen LogP contribution >= 0.6 is 0 Å². The molecule has 0 rings (SSSR count). The molecule has 0 saturated heterocycles. The van der Waals surface area contributed by atoms with Crippen LogP contribution in [0.4, 0.5) is 0 Å². The van der Waals surface area contributed by atoms with E-state index in [9.17, 15) is 0 Å². The first kappa shape index (κ1) is 32.5. The maximum Gasteiger partial charge on any atom is 0.503 e. The zero-order valence-corrected chi connectivity index (χ0v) is 23.0. The third-order valence-electron chi connectivity index (χ3n) is 6.47. The van der Waals surface area contributed by atoms with Crippen LogP contribution in [0, 0.1) is 5.92 Å². The second kappa shape index (κ2) is 18.9. The number of hydrogen-bond donors (Lipinski definition) is 1. The lowest BCUT2D eigenvalue weighted by molar-refractivity contribution is -0.0000114. The minimum absolute atomic E-state index is 0. The summed E-state index contributed by atoms with van der Waals surface area (Å²) in [5.41, 5.74) is 6.59. The molecule has 2 atom stereocenters. The largest absolute Gasteiger partial charge is 1.00 e. The van der Waals surface area contributed by atoms with Crippen molar-refractivity contribution in [1.29, 1.82) is 0 Å². The Morgan fingerprint density at radius 3 is 1.40 bits per heavy atom. The quantitative estimate of drug-likeness (QED) is 0.217. The second-order valence-electron chi connectivity index (χ2n) is 9.36. The van der Waals surface area contributed by atoms with Crippen LogP contribution in [0.3, 0.4) is 0 Å². The molecule has 0 aliphatic heterocycles. The van der Waals surface area contributed by atoms with E-state index in [0.717, 1.165) is 19.3 Å². The fourth-order valence-electron chi connectivity index (χ4n) is 4.76. The SMILES string of the molecule is CCCCCCCCCCCCCC(C(CCC)C(C)(C)N)[Si](OC)(OC)OC.[Cl-]. The zero-order chi connectivity index (χ0) is 22.2. The Morgan fingerprint density at radius 2 is 1.07 bits per heavy atom. The Hall–Kier alpha value is 0.347.